The molecule has 1 unspecified atom stereocenters. The standard InChI is InChI=1S/C10H10INOS/c11-8-3-1-2-4-9(8)12-6-7(14)5-10(12)13/h1-4,7,14H,5-6H2. The summed E-state index contributed by atoms with van der Waals surface area (Å²) in [4.78, 5) is 13.4. The van der Waals surface area contributed by atoms with Crippen molar-refractivity contribution in [1.29, 1.82) is 0 Å². The van der Waals surface area contributed by atoms with E-state index in [-0.39, 0.29) is 11.2 Å². The smallest absolute Gasteiger partial charge is 0.228 e. The number of carbonyl (C=O) groups excluding carboxylic acids is 1. The van der Waals surface area contributed by atoms with Crippen LogP contribution in [0.2, 0.25) is 0 Å². The van der Waals surface area contributed by atoms with Gasteiger partial charge in [-0.1, -0.05) is 12.1 Å². The first-order chi connectivity index (χ1) is 6.68. The second-order valence-electron chi connectivity index (χ2n) is 3.31. The van der Waals surface area contributed by atoms with Gasteiger partial charge in [0, 0.05) is 21.8 Å². The van der Waals surface area contributed by atoms with Crippen LogP contribution in [0.5, 0.6) is 0 Å². The highest BCUT2D eigenvalue weighted by molar-refractivity contribution is 14.1. The molecular weight excluding hydrogens is 309 g/mol. The lowest BCUT2D eigenvalue weighted by Crippen LogP contribution is -2.25. The molecule has 1 aromatic carbocycles. The van der Waals surface area contributed by atoms with E-state index in [4.69, 9.17) is 0 Å². The Morgan fingerprint density at radius 3 is 2.71 bits per heavy atom. The van der Waals surface area contributed by atoms with Crippen molar-refractivity contribution in [2.24, 2.45) is 0 Å². The lowest BCUT2D eigenvalue weighted by atomic mass is 10.3. The molecule has 1 aliphatic rings. The fraction of sp³-hybridized carbons (Fsp3) is 0.300. The molecule has 1 atom stereocenters. The molecule has 0 saturated carbocycles. The number of nitrogens with zero attached hydrogens (tertiary/aromatic N) is 1. The number of halogens is 1. The lowest BCUT2D eigenvalue weighted by Gasteiger charge is -2.17. The van der Waals surface area contributed by atoms with Crippen LogP contribution in [0, 0.1) is 3.57 Å². The molecule has 1 aromatic rings. The number of benzene rings is 1. The molecule has 1 saturated heterocycles. The summed E-state index contributed by atoms with van der Waals surface area (Å²) >= 11 is 6.58. The van der Waals surface area contributed by atoms with E-state index >= 15 is 0 Å². The van der Waals surface area contributed by atoms with Crippen molar-refractivity contribution in [3.63, 3.8) is 0 Å². The molecule has 74 valence electrons. The zero-order chi connectivity index (χ0) is 10.1. The number of anilines is 1. The van der Waals surface area contributed by atoms with Gasteiger partial charge in [0.05, 0.1) is 5.69 Å². The molecule has 0 N–H and O–H groups in total. The number of para-hydroxylation sites is 1. The molecule has 1 aliphatic heterocycles. The summed E-state index contributed by atoms with van der Waals surface area (Å²) in [6.07, 6.45) is 0.550. The Balaban J connectivity index is 2.32. The predicted molar refractivity (Wildman–Crippen MR) is 68.9 cm³/mol. The van der Waals surface area contributed by atoms with Gasteiger partial charge < -0.3 is 4.90 Å². The minimum Gasteiger partial charge on any atom is -0.310 e. The topological polar surface area (TPSA) is 20.3 Å². The molecule has 0 aliphatic carbocycles. The van der Waals surface area contributed by atoms with Crippen LogP contribution < -0.4 is 4.90 Å². The second kappa shape index (κ2) is 4.10. The number of rotatable bonds is 1. The first-order valence-electron chi connectivity index (χ1n) is 4.41. The molecule has 0 aromatic heterocycles. The van der Waals surface area contributed by atoms with E-state index in [2.05, 4.69) is 35.2 Å². The Kier molecular flexibility index (Phi) is 3.02. The van der Waals surface area contributed by atoms with Gasteiger partial charge in [-0.25, -0.2) is 0 Å². The van der Waals surface area contributed by atoms with E-state index in [9.17, 15) is 4.79 Å². The zero-order valence-electron chi connectivity index (χ0n) is 7.48. The number of carbonyl (C=O) groups is 1. The van der Waals surface area contributed by atoms with Crippen molar-refractivity contribution < 1.29 is 4.79 Å². The highest BCUT2D eigenvalue weighted by Gasteiger charge is 2.28. The summed E-state index contributed by atoms with van der Waals surface area (Å²) in [5.41, 5.74) is 1.01. The third kappa shape index (κ3) is 1.91. The van der Waals surface area contributed by atoms with Crippen LogP contribution in [-0.2, 0) is 4.79 Å². The van der Waals surface area contributed by atoms with Crippen LogP contribution in [0.3, 0.4) is 0 Å². The van der Waals surface area contributed by atoms with Crippen LogP contribution in [0.1, 0.15) is 6.42 Å². The summed E-state index contributed by atoms with van der Waals surface area (Å²) in [6.45, 7) is 0.724. The van der Waals surface area contributed by atoms with Gasteiger partial charge in [-0.05, 0) is 34.7 Å². The summed E-state index contributed by atoms with van der Waals surface area (Å²) in [6, 6.07) is 7.92. The van der Waals surface area contributed by atoms with Crippen LogP contribution in [0.15, 0.2) is 24.3 Å². The highest BCUT2D eigenvalue weighted by Crippen LogP contribution is 2.27. The molecule has 1 amide bonds. The average molecular weight is 319 g/mol. The Labute approximate surface area is 102 Å². The van der Waals surface area contributed by atoms with Gasteiger partial charge in [0.2, 0.25) is 5.91 Å². The van der Waals surface area contributed by atoms with E-state index in [1.807, 2.05) is 29.2 Å². The van der Waals surface area contributed by atoms with Gasteiger partial charge >= 0.3 is 0 Å². The summed E-state index contributed by atoms with van der Waals surface area (Å²) in [7, 11) is 0. The monoisotopic (exact) mass is 319 g/mol. The van der Waals surface area contributed by atoms with E-state index in [0.29, 0.717) is 6.42 Å². The molecule has 0 radical (unpaired) electrons. The van der Waals surface area contributed by atoms with Gasteiger partial charge in [-0.2, -0.15) is 12.6 Å². The maximum atomic E-state index is 11.6. The van der Waals surface area contributed by atoms with Crippen molar-refractivity contribution in [3.8, 4) is 0 Å². The van der Waals surface area contributed by atoms with Gasteiger partial charge in [0.1, 0.15) is 0 Å². The highest BCUT2D eigenvalue weighted by atomic mass is 127. The SMILES string of the molecule is O=C1CC(S)CN1c1ccccc1I. The quantitative estimate of drug-likeness (QED) is 0.622. The lowest BCUT2D eigenvalue weighted by molar-refractivity contribution is -0.117. The summed E-state index contributed by atoms with van der Waals surface area (Å²) in [5, 5.41) is 0.179. The Hall–Kier alpha value is -0.230. The molecule has 1 heterocycles. The predicted octanol–water partition coefficient (Wildman–Crippen LogP) is 2.33. The van der Waals surface area contributed by atoms with Crippen molar-refractivity contribution in [3.05, 3.63) is 27.8 Å². The van der Waals surface area contributed by atoms with Crippen molar-refractivity contribution in [2.45, 2.75) is 11.7 Å². The van der Waals surface area contributed by atoms with Gasteiger partial charge in [-0.3, -0.25) is 4.79 Å². The van der Waals surface area contributed by atoms with E-state index in [1.54, 1.807) is 0 Å². The van der Waals surface area contributed by atoms with Gasteiger partial charge in [0.15, 0.2) is 0 Å². The minimum absolute atomic E-state index is 0.175. The van der Waals surface area contributed by atoms with E-state index in [0.717, 1.165) is 15.8 Å². The van der Waals surface area contributed by atoms with Crippen molar-refractivity contribution >= 4 is 46.8 Å². The Morgan fingerprint density at radius 1 is 1.43 bits per heavy atom. The average Bonchev–Trinajstić information content (AvgIpc) is 2.46. The second-order valence-corrected chi connectivity index (χ2v) is 5.21. The molecule has 1 fully saturated rings. The normalized spacial score (nSPS) is 21.7. The molecule has 0 bridgehead atoms. The number of thiol groups is 1. The third-order valence-corrected chi connectivity index (χ3v) is 3.51. The van der Waals surface area contributed by atoms with Gasteiger partial charge in [0.25, 0.3) is 0 Å². The zero-order valence-corrected chi connectivity index (χ0v) is 10.5. The van der Waals surface area contributed by atoms with Crippen LogP contribution in [-0.4, -0.2) is 17.7 Å². The summed E-state index contributed by atoms with van der Waals surface area (Å²) < 4.78 is 1.11. The number of amides is 1. The maximum absolute atomic E-state index is 11.6. The fourth-order valence-electron chi connectivity index (χ4n) is 1.59. The summed E-state index contributed by atoms with van der Waals surface area (Å²) in [5.74, 6) is 0.175. The van der Waals surface area contributed by atoms with Gasteiger partial charge in [-0.15, -0.1) is 0 Å². The van der Waals surface area contributed by atoms with Crippen molar-refractivity contribution in [2.75, 3.05) is 11.4 Å². The molecule has 0 spiro atoms. The number of hydrogen-bond donors (Lipinski definition) is 1. The van der Waals surface area contributed by atoms with Crippen molar-refractivity contribution in [1.82, 2.24) is 0 Å². The number of hydrogen-bond acceptors (Lipinski definition) is 2. The molecule has 2 nitrogen and oxygen atoms in total. The largest absolute Gasteiger partial charge is 0.310 e. The molecule has 2 rings (SSSR count). The minimum atomic E-state index is 0.175. The molecular formula is C10H10INOS. The Bertz CT molecular complexity index is 369. The van der Waals surface area contributed by atoms with Crippen LogP contribution >= 0.6 is 35.2 Å². The first kappa shape index (κ1) is 10.3. The van der Waals surface area contributed by atoms with Crippen LogP contribution in [0.4, 0.5) is 5.69 Å². The third-order valence-electron chi connectivity index (χ3n) is 2.25. The van der Waals surface area contributed by atoms with Crippen LogP contribution in [0.25, 0.3) is 0 Å². The molecule has 14 heavy (non-hydrogen) atoms. The first-order valence-corrected chi connectivity index (χ1v) is 6.01. The Morgan fingerprint density at radius 2 is 2.14 bits per heavy atom. The maximum Gasteiger partial charge on any atom is 0.228 e. The van der Waals surface area contributed by atoms with E-state index in [1.165, 1.54) is 0 Å². The molecule has 4 heteroatoms. The van der Waals surface area contributed by atoms with E-state index < -0.39 is 0 Å². The fourth-order valence-corrected chi connectivity index (χ4v) is 2.59.